The molecule has 2 atom stereocenters. The number of rotatable bonds is 2. The number of aryl methyl sites for hydroxylation is 2. The van der Waals surface area contributed by atoms with E-state index in [1.54, 1.807) is 18.7 Å². The van der Waals surface area contributed by atoms with Crippen LogP contribution in [-0.2, 0) is 16.4 Å². The Bertz CT molecular complexity index is 635. The summed E-state index contributed by atoms with van der Waals surface area (Å²) in [5.74, 6) is 1.62. The van der Waals surface area contributed by atoms with Gasteiger partial charge >= 0.3 is 6.03 Å². The van der Waals surface area contributed by atoms with E-state index >= 15 is 0 Å². The van der Waals surface area contributed by atoms with Crippen LogP contribution in [0.25, 0.3) is 0 Å². The maximum atomic E-state index is 12.2. The van der Waals surface area contributed by atoms with E-state index in [2.05, 4.69) is 5.32 Å². The van der Waals surface area contributed by atoms with Crippen molar-refractivity contribution in [2.24, 2.45) is 0 Å². The van der Waals surface area contributed by atoms with Gasteiger partial charge in [-0.05, 0) is 33.8 Å². The highest BCUT2D eigenvalue weighted by Crippen LogP contribution is 2.19. The molecule has 1 aromatic rings. The molecule has 118 valence electrons. The van der Waals surface area contributed by atoms with E-state index in [0.29, 0.717) is 6.54 Å². The molecule has 0 unspecified atom stereocenters. The van der Waals surface area contributed by atoms with Gasteiger partial charge in [0.1, 0.15) is 11.5 Å². The van der Waals surface area contributed by atoms with Gasteiger partial charge in [-0.15, -0.1) is 0 Å². The van der Waals surface area contributed by atoms with E-state index in [9.17, 15) is 13.2 Å². The van der Waals surface area contributed by atoms with Crippen LogP contribution in [0.15, 0.2) is 10.5 Å². The number of furan rings is 1. The van der Waals surface area contributed by atoms with Crippen LogP contribution in [0.3, 0.4) is 0 Å². The molecule has 6 nitrogen and oxygen atoms in total. The van der Waals surface area contributed by atoms with Gasteiger partial charge in [0.25, 0.3) is 0 Å². The van der Waals surface area contributed by atoms with Crippen molar-refractivity contribution in [1.29, 1.82) is 0 Å². The van der Waals surface area contributed by atoms with Crippen molar-refractivity contribution in [3.63, 3.8) is 0 Å². The fraction of sp³-hybridized carbons (Fsp3) is 0.643. The maximum absolute atomic E-state index is 12.2. The Morgan fingerprint density at radius 2 is 2.10 bits per heavy atom. The predicted molar refractivity (Wildman–Crippen MR) is 79.8 cm³/mol. The lowest BCUT2D eigenvalue weighted by Crippen LogP contribution is -2.56. The summed E-state index contributed by atoms with van der Waals surface area (Å²) in [6, 6.07) is 1.33. The topological polar surface area (TPSA) is 79.6 Å². The largest absolute Gasteiger partial charge is 0.466 e. The lowest BCUT2D eigenvalue weighted by molar-refractivity contribution is 0.177. The smallest absolute Gasteiger partial charge is 0.317 e. The number of carbonyl (C=O) groups excluding carboxylic acids is 1. The van der Waals surface area contributed by atoms with E-state index in [4.69, 9.17) is 4.42 Å². The third kappa shape index (κ3) is 3.23. The molecular formula is C14H22N2O4S. The number of nitrogens with one attached hydrogen (secondary N) is 1. The number of hydrogen-bond acceptors (Lipinski definition) is 4. The van der Waals surface area contributed by atoms with Crippen molar-refractivity contribution < 1.29 is 17.6 Å². The molecule has 1 aliphatic rings. The van der Waals surface area contributed by atoms with Crippen molar-refractivity contribution in [3.8, 4) is 0 Å². The third-order valence-electron chi connectivity index (χ3n) is 4.19. The van der Waals surface area contributed by atoms with Gasteiger partial charge in [-0.25, -0.2) is 13.2 Å². The first-order valence-electron chi connectivity index (χ1n) is 7.04. The van der Waals surface area contributed by atoms with Crippen LogP contribution in [0.1, 0.15) is 30.9 Å². The Morgan fingerprint density at radius 1 is 1.43 bits per heavy atom. The zero-order valence-electron chi connectivity index (χ0n) is 12.8. The lowest BCUT2D eigenvalue weighted by atomic mass is 10.2. The van der Waals surface area contributed by atoms with Crippen LogP contribution < -0.4 is 5.32 Å². The number of urea groups is 1. The standard InChI is InChI=1S/C14H22N2O4S/c1-9-7-13(11(3)20-9)8-15-14(17)16-5-6-21(18,19)12(4)10(16)2/h7,10,12H,5-6,8H2,1-4H3,(H,15,17)/t10-,12+/m0/s1. The zero-order chi connectivity index (χ0) is 15.8. The summed E-state index contributed by atoms with van der Waals surface area (Å²) in [5, 5.41) is 2.30. The van der Waals surface area contributed by atoms with Crippen LogP contribution >= 0.6 is 0 Å². The summed E-state index contributed by atoms with van der Waals surface area (Å²) in [6.07, 6.45) is 0. The van der Waals surface area contributed by atoms with Crippen molar-refractivity contribution in [3.05, 3.63) is 23.2 Å². The summed E-state index contributed by atoms with van der Waals surface area (Å²) in [6.45, 7) is 7.76. The normalized spacial score (nSPS) is 24.9. The Labute approximate surface area is 125 Å². The predicted octanol–water partition coefficient (Wildman–Crippen LogP) is 1.61. The van der Waals surface area contributed by atoms with Gasteiger partial charge < -0.3 is 14.6 Å². The van der Waals surface area contributed by atoms with Gasteiger partial charge in [-0.3, -0.25) is 0 Å². The van der Waals surface area contributed by atoms with Crippen LogP contribution in [0, 0.1) is 13.8 Å². The number of hydrogen-bond donors (Lipinski definition) is 1. The fourth-order valence-electron chi connectivity index (χ4n) is 2.59. The molecule has 1 fully saturated rings. The second-order valence-electron chi connectivity index (χ2n) is 5.60. The molecule has 7 heteroatoms. The first kappa shape index (κ1) is 15.9. The van der Waals surface area contributed by atoms with E-state index in [1.807, 2.05) is 19.9 Å². The molecule has 0 aliphatic carbocycles. The van der Waals surface area contributed by atoms with Gasteiger partial charge in [-0.1, -0.05) is 0 Å². The minimum Gasteiger partial charge on any atom is -0.466 e. The second kappa shape index (κ2) is 5.71. The molecule has 2 amide bonds. The number of carbonyl (C=O) groups is 1. The third-order valence-corrected chi connectivity index (χ3v) is 6.47. The minimum absolute atomic E-state index is 0.0236. The SMILES string of the molecule is Cc1cc(CNC(=O)N2CCS(=O)(=O)[C@H](C)[C@@H]2C)c(C)o1. The summed E-state index contributed by atoms with van der Waals surface area (Å²) in [7, 11) is -3.08. The van der Waals surface area contributed by atoms with Crippen LogP contribution in [0.2, 0.25) is 0 Å². The van der Waals surface area contributed by atoms with Crippen molar-refractivity contribution in [1.82, 2.24) is 10.2 Å². The van der Waals surface area contributed by atoms with Gasteiger partial charge in [0.15, 0.2) is 9.84 Å². The molecule has 1 saturated heterocycles. The minimum atomic E-state index is -3.08. The molecule has 1 aromatic heterocycles. The van der Waals surface area contributed by atoms with Gasteiger partial charge in [0, 0.05) is 24.7 Å². The van der Waals surface area contributed by atoms with Gasteiger partial charge in [0.2, 0.25) is 0 Å². The van der Waals surface area contributed by atoms with Crippen LogP contribution in [-0.4, -0.2) is 42.9 Å². The highest BCUT2D eigenvalue weighted by atomic mass is 32.2. The van der Waals surface area contributed by atoms with Crippen molar-refractivity contribution in [2.45, 2.75) is 45.5 Å². The molecule has 1 N–H and O–H groups in total. The van der Waals surface area contributed by atoms with Crippen molar-refractivity contribution in [2.75, 3.05) is 12.3 Å². The molecule has 2 heterocycles. The van der Waals surface area contributed by atoms with E-state index in [-0.39, 0.29) is 24.4 Å². The molecule has 0 aromatic carbocycles. The molecule has 0 saturated carbocycles. The monoisotopic (exact) mass is 314 g/mol. The Balaban J connectivity index is 1.99. The maximum Gasteiger partial charge on any atom is 0.317 e. The van der Waals surface area contributed by atoms with Crippen LogP contribution in [0.5, 0.6) is 0 Å². The lowest BCUT2D eigenvalue weighted by Gasteiger charge is -2.37. The number of sulfone groups is 1. The number of nitrogens with zero attached hydrogens (tertiary/aromatic N) is 1. The molecular weight excluding hydrogens is 292 g/mol. The first-order chi connectivity index (χ1) is 9.72. The fourth-order valence-corrected chi connectivity index (χ4v) is 4.16. The highest BCUT2D eigenvalue weighted by molar-refractivity contribution is 7.92. The first-order valence-corrected chi connectivity index (χ1v) is 8.76. The summed E-state index contributed by atoms with van der Waals surface area (Å²) < 4.78 is 29.0. The Kier molecular flexibility index (Phi) is 4.32. The van der Waals surface area contributed by atoms with E-state index in [1.165, 1.54) is 0 Å². The average Bonchev–Trinajstić information content (AvgIpc) is 2.72. The molecule has 2 rings (SSSR count). The Morgan fingerprint density at radius 3 is 2.67 bits per heavy atom. The summed E-state index contributed by atoms with van der Waals surface area (Å²) in [5.41, 5.74) is 0.936. The van der Waals surface area contributed by atoms with Crippen LogP contribution in [0.4, 0.5) is 4.79 Å². The number of amides is 2. The van der Waals surface area contributed by atoms with Gasteiger partial charge in [-0.2, -0.15) is 0 Å². The summed E-state index contributed by atoms with van der Waals surface area (Å²) >= 11 is 0. The molecule has 1 aliphatic heterocycles. The molecule has 0 bridgehead atoms. The van der Waals surface area contributed by atoms with E-state index in [0.717, 1.165) is 17.1 Å². The second-order valence-corrected chi connectivity index (χ2v) is 8.08. The highest BCUT2D eigenvalue weighted by Gasteiger charge is 2.37. The Hall–Kier alpha value is -1.50. The van der Waals surface area contributed by atoms with Crippen molar-refractivity contribution >= 4 is 15.9 Å². The van der Waals surface area contributed by atoms with E-state index < -0.39 is 15.1 Å². The quantitative estimate of drug-likeness (QED) is 0.899. The average molecular weight is 314 g/mol. The summed E-state index contributed by atoms with van der Waals surface area (Å²) in [4.78, 5) is 13.8. The molecule has 0 spiro atoms. The molecule has 21 heavy (non-hydrogen) atoms. The van der Waals surface area contributed by atoms with Gasteiger partial charge in [0.05, 0.1) is 11.0 Å². The molecule has 0 radical (unpaired) electrons. The zero-order valence-corrected chi connectivity index (χ0v) is 13.7.